The number of aryl methyl sites for hydroxylation is 1. The summed E-state index contributed by atoms with van der Waals surface area (Å²) in [5.74, 6) is -2.65. The Hall–Kier alpha value is -3.94. The molecule has 0 aromatic heterocycles. The summed E-state index contributed by atoms with van der Waals surface area (Å²) in [7, 11) is 1.59. The number of amides is 3. The highest BCUT2D eigenvalue weighted by Gasteiger charge is 2.46. The quantitative estimate of drug-likeness (QED) is 0.254. The molecule has 6 nitrogen and oxygen atoms in total. The largest absolute Gasteiger partial charge is 0.497 e. The number of ether oxygens (including phenoxy) is 1. The molecule has 3 amide bonds. The van der Waals surface area contributed by atoms with Crippen molar-refractivity contribution in [3.8, 4) is 5.75 Å². The molecule has 2 N–H and O–H groups in total. The molecule has 8 heteroatoms. The van der Waals surface area contributed by atoms with E-state index in [0.29, 0.717) is 24.6 Å². The third-order valence-corrected chi connectivity index (χ3v) is 11.4. The van der Waals surface area contributed by atoms with Crippen LogP contribution < -0.4 is 15.4 Å². The van der Waals surface area contributed by atoms with E-state index in [1.54, 1.807) is 12.0 Å². The van der Waals surface area contributed by atoms with E-state index in [1.807, 2.05) is 61.5 Å². The zero-order valence-electron chi connectivity index (χ0n) is 29.0. The second kappa shape index (κ2) is 15.3. The average Bonchev–Trinajstić information content (AvgIpc) is 3.07. The number of imide groups is 1. The number of urea groups is 1. The van der Waals surface area contributed by atoms with Crippen molar-refractivity contribution in [1.82, 2.24) is 4.90 Å². The van der Waals surface area contributed by atoms with Gasteiger partial charge in [-0.15, -0.1) is 0 Å². The molecule has 2 saturated carbocycles. The van der Waals surface area contributed by atoms with Crippen LogP contribution in [0, 0.1) is 18.8 Å². The van der Waals surface area contributed by atoms with E-state index < -0.39 is 11.8 Å². The number of carbonyl (C=O) groups is 2. The number of alkyl halides is 2. The van der Waals surface area contributed by atoms with E-state index in [4.69, 9.17) is 10.5 Å². The van der Waals surface area contributed by atoms with Crippen LogP contribution in [0.15, 0.2) is 66.7 Å². The molecule has 3 fully saturated rings. The van der Waals surface area contributed by atoms with Gasteiger partial charge in [0.1, 0.15) is 5.75 Å². The first-order valence-corrected chi connectivity index (χ1v) is 18.2. The van der Waals surface area contributed by atoms with E-state index in [1.165, 1.54) is 10.5 Å². The predicted molar refractivity (Wildman–Crippen MR) is 191 cm³/mol. The number of hydrogen-bond donors (Lipinski definition) is 1. The Bertz CT molecular complexity index is 1590. The summed E-state index contributed by atoms with van der Waals surface area (Å²) in [5, 5.41) is 0. The number of benzene rings is 3. The van der Waals surface area contributed by atoms with Crippen molar-refractivity contribution in [2.45, 2.75) is 108 Å². The van der Waals surface area contributed by atoms with Gasteiger partial charge in [0.2, 0.25) is 5.91 Å². The van der Waals surface area contributed by atoms with Gasteiger partial charge in [0.05, 0.1) is 13.7 Å². The fourth-order valence-electron chi connectivity index (χ4n) is 8.64. The molecule has 0 spiro atoms. The van der Waals surface area contributed by atoms with Gasteiger partial charge in [0.15, 0.2) is 0 Å². The number of halogens is 2. The van der Waals surface area contributed by atoms with E-state index >= 15 is 8.78 Å². The number of hydrogen-bond acceptors (Lipinski definition) is 4. The van der Waals surface area contributed by atoms with Crippen molar-refractivity contribution in [2.75, 3.05) is 24.3 Å². The summed E-state index contributed by atoms with van der Waals surface area (Å²) in [5.41, 5.74) is 11.3. The van der Waals surface area contributed by atoms with Crippen LogP contribution in [-0.4, -0.2) is 36.4 Å². The van der Waals surface area contributed by atoms with Gasteiger partial charge < -0.3 is 10.5 Å². The van der Waals surface area contributed by atoms with Crippen LogP contribution in [0.3, 0.4) is 0 Å². The summed E-state index contributed by atoms with van der Waals surface area (Å²) < 4.78 is 38.1. The Morgan fingerprint density at radius 1 is 0.816 bits per heavy atom. The van der Waals surface area contributed by atoms with Crippen LogP contribution in [0.5, 0.6) is 5.75 Å². The van der Waals surface area contributed by atoms with Crippen molar-refractivity contribution in [3.05, 3.63) is 89.0 Å². The number of methoxy groups -OCH3 is 1. The maximum atomic E-state index is 16.4. The van der Waals surface area contributed by atoms with E-state index in [2.05, 4.69) is 12.1 Å². The highest BCUT2D eigenvalue weighted by molar-refractivity contribution is 6.05. The third-order valence-electron chi connectivity index (χ3n) is 11.4. The van der Waals surface area contributed by atoms with Crippen LogP contribution in [0.4, 0.5) is 25.0 Å². The second-order valence-electron chi connectivity index (χ2n) is 14.6. The number of nitrogens with zero attached hydrogens (tertiary/aromatic N) is 2. The normalized spacial score (nSPS) is 25.2. The van der Waals surface area contributed by atoms with Crippen molar-refractivity contribution in [2.24, 2.45) is 11.8 Å². The second-order valence-corrected chi connectivity index (χ2v) is 14.6. The maximum absolute atomic E-state index is 16.4. The SMILES string of the molecule is COc1ccc(CN2C(=O)CCN(c3ccc(C4CCCCC(C5CCCCC(c6ccc(N)cc6)CC5)C(F)(F)C4)cc3C)C2=O)cc1. The number of nitrogen functional groups attached to an aromatic ring is 1. The Morgan fingerprint density at radius 3 is 2.20 bits per heavy atom. The third kappa shape index (κ3) is 8.11. The molecule has 0 radical (unpaired) electrons. The molecule has 262 valence electrons. The summed E-state index contributed by atoms with van der Waals surface area (Å²) in [6, 6.07) is 20.9. The molecule has 3 aliphatic rings. The first-order chi connectivity index (χ1) is 23.6. The van der Waals surface area contributed by atoms with E-state index in [9.17, 15) is 9.59 Å². The topological polar surface area (TPSA) is 75.9 Å². The van der Waals surface area contributed by atoms with Crippen LogP contribution in [0.25, 0.3) is 0 Å². The van der Waals surface area contributed by atoms with Crippen LogP contribution in [0.1, 0.15) is 111 Å². The highest BCUT2D eigenvalue weighted by atomic mass is 19.3. The van der Waals surface area contributed by atoms with Crippen molar-refractivity contribution >= 4 is 23.3 Å². The van der Waals surface area contributed by atoms with Gasteiger partial charge in [0, 0.05) is 36.7 Å². The van der Waals surface area contributed by atoms with Gasteiger partial charge in [0.25, 0.3) is 5.92 Å². The lowest BCUT2D eigenvalue weighted by Crippen LogP contribution is -2.52. The molecular formula is C41H51F2N3O3. The van der Waals surface area contributed by atoms with Crippen molar-refractivity contribution in [1.29, 1.82) is 0 Å². The molecule has 6 rings (SSSR count). The van der Waals surface area contributed by atoms with Crippen LogP contribution in [-0.2, 0) is 11.3 Å². The van der Waals surface area contributed by atoms with Gasteiger partial charge in [-0.2, -0.15) is 0 Å². The van der Waals surface area contributed by atoms with Crippen molar-refractivity contribution < 1.29 is 23.1 Å². The van der Waals surface area contributed by atoms with Gasteiger partial charge in [-0.1, -0.05) is 62.1 Å². The summed E-state index contributed by atoms with van der Waals surface area (Å²) in [4.78, 5) is 29.4. The first kappa shape index (κ1) is 34.9. The Kier molecular flexibility index (Phi) is 10.9. The smallest absolute Gasteiger partial charge is 0.331 e. The lowest BCUT2D eigenvalue weighted by atomic mass is 9.70. The Balaban J connectivity index is 1.14. The molecule has 1 saturated heterocycles. The molecule has 1 aliphatic heterocycles. The van der Waals surface area contributed by atoms with E-state index in [0.717, 1.165) is 85.9 Å². The number of carbonyl (C=O) groups excluding carboxylic acids is 2. The average molecular weight is 672 g/mol. The van der Waals surface area contributed by atoms with Crippen LogP contribution >= 0.6 is 0 Å². The van der Waals surface area contributed by atoms with Crippen molar-refractivity contribution in [3.63, 3.8) is 0 Å². The molecule has 3 aromatic rings. The first-order valence-electron chi connectivity index (χ1n) is 18.2. The van der Waals surface area contributed by atoms with Gasteiger partial charge in [-0.25, -0.2) is 13.6 Å². The summed E-state index contributed by atoms with van der Waals surface area (Å²) >= 11 is 0. The molecule has 3 aromatic carbocycles. The molecule has 49 heavy (non-hydrogen) atoms. The minimum Gasteiger partial charge on any atom is -0.497 e. The highest BCUT2D eigenvalue weighted by Crippen LogP contribution is 2.49. The molecular weight excluding hydrogens is 620 g/mol. The minimum atomic E-state index is -2.75. The molecule has 4 atom stereocenters. The lowest BCUT2D eigenvalue weighted by Gasteiger charge is -2.39. The maximum Gasteiger partial charge on any atom is 0.331 e. The Labute approximate surface area is 290 Å². The number of anilines is 2. The lowest BCUT2D eigenvalue weighted by molar-refractivity contribution is -0.129. The van der Waals surface area contributed by atoms with Gasteiger partial charge in [-0.05, 0) is 116 Å². The molecule has 4 unspecified atom stereocenters. The molecule has 2 aliphatic carbocycles. The summed E-state index contributed by atoms with van der Waals surface area (Å²) in [6.45, 7) is 2.41. The minimum absolute atomic E-state index is 0.0307. The standard InChI is InChI=1S/C41H51F2N3O3/c1-28-25-33(17-22-38(28)45-24-23-39(47)46(40(45)48)27-29-11-20-36(49-2)21-12-29)34-9-5-6-10-37(41(42,43)26-34)32-8-4-3-7-30(13-14-32)31-15-18-35(44)19-16-31/h11-12,15-22,25,30,32,34,37H,3-10,13-14,23-24,26-27,44H2,1-2H3. The Morgan fingerprint density at radius 2 is 1.49 bits per heavy atom. The molecule has 0 bridgehead atoms. The fraction of sp³-hybridized carbons (Fsp3) is 0.512. The predicted octanol–water partition coefficient (Wildman–Crippen LogP) is 10.00. The van der Waals surface area contributed by atoms with Crippen LogP contribution in [0.2, 0.25) is 0 Å². The molecule has 1 heterocycles. The van der Waals surface area contributed by atoms with E-state index in [-0.39, 0.29) is 43.2 Å². The monoisotopic (exact) mass is 671 g/mol. The van der Waals surface area contributed by atoms with Gasteiger partial charge in [-0.3, -0.25) is 14.6 Å². The van der Waals surface area contributed by atoms with Gasteiger partial charge >= 0.3 is 6.03 Å². The zero-order chi connectivity index (χ0) is 34.5. The zero-order valence-corrected chi connectivity index (χ0v) is 29.0. The number of nitrogens with two attached hydrogens (primary N) is 1. The summed E-state index contributed by atoms with van der Waals surface area (Å²) in [6.07, 6.45) is 9.04. The number of rotatable bonds is 7. The fourth-order valence-corrected chi connectivity index (χ4v) is 8.64.